The van der Waals surface area contributed by atoms with Gasteiger partial charge in [0.05, 0.1) is 5.69 Å². The van der Waals surface area contributed by atoms with Crippen LogP contribution in [0.3, 0.4) is 0 Å². The minimum Gasteiger partial charge on any atom is -0.368 e. The largest absolute Gasteiger partial charge is 0.368 e. The van der Waals surface area contributed by atoms with E-state index in [1.807, 2.05) is 0 Å². The average molecular weight is 164 g/mol. The lowest BCUT2D eigenvalue weighted by Gasteiger charge is -2.20. The van der Waals surface area contributed by atoms with E-state index in [4.69, 9.17) is 11.5 Å². The first-order valence-corrected chi connectivity index (χ1v) is 4.14. The minimum absolute atomic E-state index is 0.106. The number of nitrogens with two attached hydrogens (primary N) is 2. The standard InChI is InChI=1S/C8H12N4/c9-6-2-1-3-7-5(6)4-11-8(10)12-7/h4,6H,1-3,9H2,(H2,10,11,12). The summed E-state index contributed by atoms with van der Waals surface area (Å²) in [5.41, 5.74) is 13.4. The molecule has 64 valence electrons. The van der Waals surface area contributed by atoms with Gasteiger partial charge in [0.1, 0.15) is 0 Å². The molecule has 1 unspecified atom stereocenters. The molecule has 1 aliphatic rings. The summed E-state index contributed by atoms with van der Waals surface area (Å²) in [5, 5.41) is 0. The Hall–Kier alpha value is -1.16. The van der Waals surface area contributed by atoms with E-state index in [-0.39, 0.29) is 6.04 Å². The average Bonchev–Trinajstić information content (AvgIpc) is 2.04. The van der Waals surface area contributed by atoms with Crippen molar-refractivity contribution >= 4 is 5.95 Å². The molecule has 0 aromatic carbocycles. The molecule has 0 saturated carbocycles. The summed E-state index contributed by atoms with van der Waals surface area (Å²) in [4.78, 5) is 8.08. The quantitative estimate of drug-likeness (QED) is 0.581. The van der Waals surface area contributed by atoms with Crippen LogP contribution < -0.4 is 11.5 Å². The topological polar surface area (TPSA) is 77.8 Å². The van der Waals surface area contributed by atoms with E-state index < -0.39 is 0 Å². The van der Waals surface area contributed by atoms with Gasteiger partial charge in [-0.3, -0.25) is 0 Å². The molecule has 0 amide bonds. The maximum absolute atomic E-state index is 5.88. The van der Waals surface area contributed by atoms with Gasteiger partial charge in [-0.15, -0.1) is 0 Å². The molecule has 0 fully saturated rings. The van der Waals surface area contributed by atoms with Crippen LogP contribution in [0.5, 0.6) is 0 Å². The van der Waals surface area contributed by atoms with Crippen LogP contribution in [0, 0.1) is 0 Å². The van der Waals surface area contributed by atoms with Crippen molar-refractivity contribution < 1.29 is 0 Å². The van der Waals surface area contributed by atoms with Gasteiger partial charge in [-0.05, 0) is 19.3 Å². The van der Waals surface area contributed by atoms with E-state index in [1.54, 1.807) is 6.20 Å². The molecule has 1 aliphatic carbocycles. The Bertz CT molecular complexity index is 297. The van der Waals surface area contributed by atoms with Crippen LogP contribution in [0.15, 0.2) is 6.20 Å². The maximum Gasteiger partial charge on any atom is 0.220 e. The summed E-state index contributed by atoms with van der Waals surface area (Å²) in [6, 6.07) is 0.106. The lowest BCUT2D eigenvalue weighted by Crippen LogP contribution is -2.19. The molecule has 2 rings (SSSR count). The molecule has 12 heavy (non-hydrogen) atoms. The van der Waals surface area contributed by atoms with E-state index in [0.29, 0.717) is 5.95 Å². The minimum atomic E-state index is 0.106. The molecular formula is C8H12N4. The second-order valence-electron chi connectivity index (χ2n) is 3.13. The fourth-order valence-electron chi connectivity index (χ4n) is 1.60. The van der Waals surface area contributed by atoms with E-state index in [0.717, 1.165) is 30.5 Å². The van der Waals surface area contributed by atoms with Crippen molar-refractivity contribution in [3.8, 4) is 0 Å². The molecule has 1 heterocycles. The zero-order chi connectivity index (χ0) is 8.55. The summed E-state index contributed by atoms with van der Waals surface area (Å²) in [5.74, 6) is 0.350. The number of hydrogen-bond donors (Lipinski definition) is 2. The number of aromatic nitrogens is 2. The highest BCUT2D eigenvalue weighted by molar-refractivity contribution is 5.29. The Labute approximate surface area is 71.0 Å². The van der Waals surface area contributed by atoms with Gasteiger partial charge in [0.2, 0.25) is 5.95 Å². The molecule has 0 aliphatic heterocycles. The lowest BCUT2D eigenvalue weighted by atomic mass is 9.93. The Morgan fingerprint density at radius 2 is 2.33 bits per heavy atom. The second kappa shape index (κ2) is 2.71. The van der Waals surface area contributed by atoms with E-state index >= 15 is 0 Å². The second-order valence-corrected chi connectivity index (χ2v) is 3.13. The third-order valence-corrected chi connectivity index (χ3v) is 2.25. The van der Waals surface area contributed by atoms with Crippen molar-refractivity contribution in [3.63, 3.8) is 0 Å². The summed E-state index contributed by atoms with van der Waals surface area (Å²) in [6.45, 7) is 0. The molecule has 4 N–H and O–H groups in total. The monoisotopic (exact) mass is 164 g/mol. The fourth-order valence-corrected chi connectivity index (χ4v) is 1.60. The predicted octanol–water partition coefficient (Wildman–Crippen LogP) is 0.395. The molecule has 0 bridgehead atoms. The van der Waals surface area contributed by atoms with Crippen molar-refractivity contribution in [3.05, 3.63) is 17.5 Å². The van der Waals surface area contributed by atoms with Crippen LogP contribution in [0.25, 0.3) is 0 Å². The highest BCUT2D eigenvalue weighted by Crippen LogP contribution is 2.25. The van der Waals surface area contributed by atoms with Crippen LogP contribution in [-0.2, 0) is 6.42 Å². The lowest BCUT2D eigenvalue weighted by molar-refractivity contribution is 0.557. The third kappa shape index (κ3) is 1.14. The van der Waals surface area contributed by atoms with Crippen LogP contribution in [0.2, 0.25) is 0 Å². The number of aryl methyl sites for hydroxylation is 1. The maximum atomic E-state index is 5.88. The molecule has 1 aromatic rings. The SMILES string of the molecule is Nc1ncc2c(n1)CCCC2N. The normalized spacial score (nSPS) is 21.9. The van der Waals surface area contributed by atoms with Crippen molar-refractivity contribution in [2.75, 3.05) is 5.73 Å². The van der Waals surface area contributed by atoms with Gasteiger partial charge in [0.15, 0.2) is 0 Å². The number of rotatable bonds is 0. The van der Waals surface area contributed by atoms with E-state index in [2.05, 4.69) is 9.97 Å². The van der Waals surface area contributed by atoms with E-state index in [9.17, 15) is 0 Å². The van der Waals surface area contributed by atoms with Gasteiger partial charge >= 0.3 is 0 Å². The molecular weight excluding hydrogens is 152 g/mol. The van der Waals surface area contributed by atoms with Crippen molar-refractivity contribution in [1.82, 2.24) is 9.97 Å². The molecule has 0 radical (unpaired) electrons. The van der Waals surface area contributed by atoms with Gasteiger partial charge in [-0.1, -0.05) is 0 Å². The number of fused-ring (bicyclic) bond motifs is 1. The Morgan fingerprint density at radius 1 is 1.50 bits per heavy atom. The van der Waals surface area contributed by atoms with Gasteiger partial charge < -0.3 is 11.5 Å². The van der Waals surface area contributed by atoms with Crippen LogP contribution in [-0.4, -0.2) is 9.97 Å². The van der Waals surface area contributed by atoms with E-state index in [1.165, 1.54) is 0 Å². The zero-order valence-electron chi connectivity index (χ0n) is 6.83. The first kappa shape index (κ1) is 7.49. The van der Waals surface area contributed by atoms with Gasteiger partial charge in [0, 0.05) is 17.8 Å². The van der Waals surface area contributed by atoms with Crippen molar-refractivity contribution in [2.24, 2.45) is 5.73 Å². The number of anilines is 1. The molecule has 4 nitrogen and oxygen atoms in total. The zero-order valence-corrected chi connectivity index (χ0v) is 6.83. The summed E-state index contributed by atoms with van der Waals surface area (Å²) < 4.78 is 0. The van der Waals surface area contributed by atoms with Crippen LogP contribution in [0.4, 0.5) is 5.95 Å². The first-order valence-electron chi connectivity index (χ1n) is 4.14. The molecule has 4 heteroatoms. The highest BCUT2D eigenvalue weighted by Gasteiger charge is 2.17. The summed E-state index contributed by atoms with van der Waals surface area (Å²) in [6.07, 6.45) is 4.86. The van der Waals surface area contributed by atoms with Crippen molar-refractivity contribution in [1.29, 1.82) is 0 Å². The van der Waals surface area contributed by atoms with Crippen LogP contribution >= 0.6 is 0 Å². The Morgan fingerprint density at radius 3 is 3.17 bits per heavy atom. The highest BCUT2D eigenvalue weighted by atomic mass is 15.0. The first-order chi connectivity index (χ1) is 5.77. The molecule has 1 atom stereocenters. The molecule has 0 saturated heterocycles. The van der Waals surface area contributed by atoms with Gasteiger partial charge in [-0.25, -0.2) is 9.97 Å². The Balaban J connectivity index is 2.46. The Kier molecular flexibility index (Phi) is 1.69. The molecule has 1 aromatic heterocycles. The van der Waals surface area contributed by atoms with Gasteiger partial charge in [-0.2, -0.15) is 0 Å². The fraction of sp³-hybridized carbons (Fsp3) is 0.500. The third-order valence-electron chi connectivity index (χ3n) is 2.25. The predicted molar refractivity (Wildman–Crippen MR) is 46.3 cm³/mol. The van der Waals surface area contributed by atoms with Gasteiger partial charge in [0.25, 0.3) is 0 Å². The number of nitrogen functional groups attached to an aromatic ring is 1. The number of hydrogen-bond acceptors (Lipinski definition) is 4. The summed E-state index contributed by atoms with van der Waals surface area (Å²) >= 11 is 0. The smallest absolute Gasteiger partial charge is 0.220 e. The molecule has 0 spiro atoms. The number of nitrogens with zero attached hydrogens (tertiary/aromatic N) is 2. The summed E-state index contributed by atoms with van der Waals surface area (Å²) in [7, 11) is 0. The van der Waals surface area contributed by atoms with Crippen molar-refractivity contribution in [2.45, 2.75) is 25.3 Å². The van der Waals surface area contributed by atoms with Crippen LogP contribution in [0.1, 0.15) is 30.1 Å².